The fraction of sp³-hybridized carbons (Fsp3) is 0.375. The number of para-hydroxylation sites is 1. The van der Waals surface area contributed by atoms with Gasteiger partial charge in [-0.2, -0.15) is 0 Å². The van der Waals surface area contributed by atoms with E-state index in [2.05, 4.69) is 0 Å². The molecule has 1 heterocycles. The largest absolute Gasteiger partial charge is 0.465 e. The second-order valence-corrected chi connectivity index (χ2v) is 6.49. The number of methoxy groups -OCH3 is 1. The van der Waals surface area contributed by atoms with Crippen LogP contribution in [0.25, 0.3) is 0 Å². The average molecular weight is 321 g/mol. The molecule has 0 saturated carbocycles. The minimum absolute atomic E-state index is 0.209. The summed E-state index contributed by atoms with van der Waals surface area (Å²) < 4.78 is 9.51. The van der Waals surface area contributed by atoms with Crippen molar-refractivity contribution in [3.05, 3.63) is 40.9 Å². The van der Waals surface area contributed by atoms with E-state index in [1.54, 1.807) is 24.3 Å². The Balaban J connectivity index is 2.23. The Hall–Kier alpha value is -1.95. The Bertz CT molecular complexity index is 614. The van der Waals surface area contributed by atoms with Gasteiger partial charge in [-0.25, -0.2) is 4.79 Å². The van der Waals surface area contributed by atoms with Gasteiger partial charge < -0.3 is 15.2 Å². The van der Waals surface area contributed by atoms with Crippen molar-refractivity contribution in [2.45, 2.75) is 30.9 Å². The minimum atomic E-state index is -0.706. The monoisotopic (exact) mass is 321 g/mol. The Morgan fingerprint density at radius 3 is 2.68 bits per heavy atom. The summed E-state index contributed by atoms with van der Waals surface area (Å²) in [6, 6.07) is 6.54. The summed E-state index contributed by atoms with van der Waals surface area (Å²) in [5.41, 5.74) is 6.04. The molecule has 22 heavy (non-hydrogen) atoms. The zero-order chi connectivity index (χ0) is 16.2. The van der Waals surface area contributed by atoms with Gasteiger partial charge in [0.05, 0.1) is 12.1 Å². The van der Waals surface area contributed by atoms with Crippen LogP contribution < -0.4 is 10.5 Å². The Morgan fingerprint density at radius 1 is 1.36 bits per heavy atom. The topological polar surface area (TPSA) is 78.6 Å². The van der Waals surface area contributed by atoms with Gasteiger partial charge in [0.1, 0.15) is 16.1 Å². The van der Waals surface area contributed by atoms with E-state index in [-0.39, 0.29) is 17.3 Å². The molecule has 0 spiro atoms. The standard InChI is InChI=1S/C16H19NO4S/c1-3-9-16(10-8-13(17)22-16)15(19)21-12-7-5-4-6-11(12)14(18)20-2/h4-8H,3,9-10,17H2,1-2H3. The van der Waals surface area contributed by atoms with Gasteiger partial charge in [0.25, 0.3) is 0 Å². The number of carbonyl (C=O) groups is 2. The molecule has 0 fully saturated rings. The molecule has 6 heteroatoms. The number of carbonyl (C=O) groups excluding carboxylic acids is 2. The first-order valence-electron chi connectivity index (χ1n) is 7.06. The Labute approximate surface area is 133 Å². The summed E-state index contributed by atoms with van der Waals surface area (Å²) in [6.45, 7) is 2.01. The summed E-state index contributed by atoms with van der Waals surface area (Å²) in [5.74, 6) is -0.710. The van der Waals surface area contributed by atoms with E-state index in [0.29, 0.717) is 17.9 Å². The number of allylic oxidation sites excluding steroid dienone is 1. The molecule has 1 aliphatic rings. The quantitative estimate of drug-likeness (QED) is 0.663. The fourth-order valence-corrected chi connectivity index (χ4v) is 3.60. The molecule has 0 amide bonds. The molecule has 1 aromatic carbocycles. The van der Waals surface area contributed by atoms with Crippen molar-refractivity contribution < 1.29 is 19.1 Å². The summed E-state index contributed by atoms with van der Waals surface area (Å²) in [7, 11) is 1.29. The molecular formula is C16H19NO4S. The molecule has 1 aromatic rings. The zero-order valence-corrected chi connectivity index (χ0v) is 13.4. The molecular weight excluding hydrogens is 302 g/mol. The molecule has 1 aliphatic heterocycles. The van der Waals surface area contributed by atoms with Crippen LogP contribution in [0.1, 0.15) is 36.5 Å². The lowest BCUT2D eigenvalue weighted by atomic mass is 9.99. The molecule has 0 bridgehead atoms. The predicted molar refractivity (Wildman–Crippen MR) is 85.5 cm³/mol. The van der Waals surface area contributed by atoms with Crippen LogP contribution >= 0.6 is 11.8 Å². The normalized spacial score (nSPS) is 20.4. The van der Waals surface area contributed by atoms with Crippen LogP contribution in [0, 0.1) is 0 Å². The highest BCUT2D eigenvalue weighted by Gasteiger charge is 2.43. The van der Waals surface area contributed by atoms with Gasteiger partial charge in [-0.1, -0.05) is 43.3 Å². The first kappa shape index (κ1) is 16.4. The van der Waals surface area contributed by atoms with Crippen molar-refractivity contribution in [1.82, 2.24) is 0 Å². The SMILES string of the molecule is CCCC1(C(=O)Oc2ccccc2C(=O)OC)CC=C(N)S1. The van der Waals surface area contributed by atoms with Crippen molar-refractivity contribution in [2.75, 3.05) is 7.11 Å². The number of ether oxygens (including phenoxy) is 2. The van der Waals surface area contributed by atoms with Crippen molar-refractivity contribution in [3.63, 3.8) is 0 Å². The molecule has 0 saturated heterocycles. The van der Waals surface area contributed by atoms with Gasteiger partial charge in [0, 0.05) is 0 Å². The number of nitrogens with two attached hydrogens (primary N) is 1. The zero-order valence-electron chi connectivity index (χ0n) is 12.6. The summed E-state index contributed by atoms with van der Waals surface area (Å²) in [4.78, 5) is 24.4. The van der Waals surface area contributed by atoms with Crippen molar-refractivity contribution in [1.29, 1.82) is 0 Å². The lowest BCUT2D eigenvalue weighted by Gasteiger charge is -2.25. The van der Waals surface area contributed by atoms with Crippen molar-refractivity contribution in [3.8, 4) is 5.75 Å². The van der Waals surface area contributed by atoms with E-state index in [9.17, 15) is 9.59 Å². The number of thioether (sulfide) groups is 1. The van der Waals surface area contributed by atoms with E-state index in [0.717, 1.165) is 6.42 Å². The van der Waals surface area contributed by atoms with Crippen molar-refractivity contribution >= 4 is 23.7 Å². The number of benzene rings is 1. The third-order valence-corrected chi connectivity index (χ3v) is 4.80. The lowest BCUT2D eigenvalue weighted by Crippen LogP contribution is -2.37. The van der Waals surface area contributed by atoms with E-state index in [4.69, 9.17) is 15.2 Å². The Kier molecular flexibility index (Phi) is 5.13. The molecule has 0 radical (unpaired) electrons. The van der Waals surface area contributed by atoms with E-state index in [1.807, 2.05) is 13.0 Å². The highest BCUT2D eigenvalue weighted by atomic mass is 32.2. The number of rotatable bonds is 5. The summed E-state index contributed by atoms with van der Waals surface area (Å²) in [6.07, 6.45) is 3.88. The molecule has 2 rings (SSSR count). The maximum absolute atomic E-state index is 12.7. The van der Waals surface area contributed by atoms with Gasteiger partial charge in [0.2, 0.25) is 0 Å². The van der Waals surface area contributed by atoms with Gasteiger partial charge in [-0.3, -0.25) is 4.79 Å². The van der Waals surface area contributed by atoms with Gasteiger partial charge in [-0.15, -0.1) is 0 Å². The first-order valence-corrected chi connectivity index (χ1v) is 7.88. The number of hydrogen-bond donors (Lipinski definition) is 1. The smallest absolute Gasteiger partial charge is 0.341 e. The first-order chi connectivity index (χ1) is 10.5. The third-order valence-electron chi connectivity index (χ3n) is 3.47. The molecule has 5 nitrogen and oxygen atoms in total. The molecule has 118 valence electrons. The Morgan fingerprint density at radius 2 is 2.09 bits per heavy atom. The van der Waals surface area contributed by atoms with Crippen LogP contribution in [0.4, 0.5) is 0 Å². The number of hydrogen-bond acceptors (Lipinski definition) is 6. The van der Waals surface area contributed by atoms with Crippen LogP contribution in [-0.4, -0.2) is 23.8 Å². The van der Waals surface area contributed by atoms with Crippen LogP contribution in [0.2, 0.25) is 0 Å². The van der Waals surface area contributed by atoms with Crippen LogP contribution in [0.3, 0.4) is 0 Å². The van der Waals surface area contributed by atoms with Gasteiger partial charge >= 0.3 is 11.9 Å². The van der Waals surface area contributed by atoms with Crippen LogP contribution in [0.5, 0.6) is 5.75 Å². The maximum Gasteiger partial charge on any atom is 0.341 e. The molecule has 0 aromatic heterocycles. The average Bonchev–Trinajstić information content (AvgIpc) is 2.90. The minimum Gasteiger partial charge on any atom is -0.465 e. The molecule has 1 atom stereocenters. The lowest BCUT2D eigenvalue weighted by molar-refractivity contribution is -0.137. The summed E-state index contributed by atoms with van der Waals surface area (Å²) >= 11 is 1.33. The van der Waals surface area contributed by atoms with Crippen LogP contribution in [0.15, 0.2) is 35.4 Å². The van der Waals surface area contributed by atoms with Gasteiger partial charge in [-0.05, 0) is 25.0 Å². The number of esters is 2. The second kappa shape index (κ2) is 6.87. The molecule has 1 unspecified atom stereocenters. The third kappa shape index (κ3) is 3.27. The van der Waals surface area contributed by atoms with Crippen LogP contribution in [-0.2, 0) is 9.53 Å². The van der Waals surface area contributed by atoms with E-state index < -0.39 is 10.7 Å². The fourth-order valence-electron chi connectivity index (χ4n) is 2.39. The predicted octanol–water partition coefficient (Wildman–Crippen LogP) is 2.85. The van der Waals surface area contributed by atoms with E-state index in [1.165, 1.54) is 18.9 Å². The molecule has 0 aliphatic carbocycles. The molecule has 2 N–H and O–H groups in total. The van der Waals surface area contributed by atoms with Crippen molar-refractivity contribution in [2.24, 2.45) is 5.73 Å². The second-order valence-electron chi connectivity index (χ2n) is 5.03. The summed E-state index contributed by atoms with van der Waals surface area (Å²) in [5, 5.41) is 0.631. The van der Waals surface area contributed by atoms with Gasteiger partial charge in [0.15, 0.2) is 0 Å². The highest BCUT2D eigenvalue weighted by molar-refractivity contribution is 8.05. The highest BCUT2D eigenvalue weighted by Crippen LogP contribution is 2.44. The van der Waals surface area contributed by atoms with E-state index >= 15 is 0 Å². The maximum atomic E-state index is 12.7.